The lowest BCUT2D eigenvalue weighted by molar-refractivity contribution is 0.107. The van der Waals surface area contributed by atoms with E-state index in [9.17, 15) is 8.42 Å². The Bertz CT molecular complexity index is 629. The molecule has 23 heavy (non-hydrogen) atoms. The van der Waals surface area contributed by atoms with Crippen LogP contribution in [0.4, 0.5) is 0 Å². The topological polar surface area (TPSA) is 55.4 Å². The van der Waals surface area contributed by atoms with Crippen molar-refractivity contribution in [3.63, 3.8) is 0 Å². The standard InChI is InChI=1S/C18H27NO3S/c1-14-6-4-8-16(12-14)22-18-10-3-2-9-17(18)19-15-7-5-11-23(20,21)13-15/h4,6,8,12,15,17-19H,2-3,5,7,9-11,13H2,1H3/t15-,17-,18+/m0/s1. The first-order valence-electron chi connectivity index (χ1n) is 8.72. The van der Waals surface area contributed by atoms with Crippen molar-refractivity contribution in [3.05, 3.63) is 29.8 Å². The van der Waals surface area contributed by atoms with Crippen LogP contribution in [0.25, 0.3) is 0 Å². The molecule has 128 valence electrons. The second-order valence-corrected chi connectivity index (χ2v) is 9.21. The van der Waals surface area contributed by atoms with E-state index in [4.69, 9.17) is 4.74 Å². The monoisotopic (exact) mass is 337 g/mol. The first kappa shape index (κ1) is 16.8. The van der Waals surface area contributed by atoms with Gasteiger partial charge in [-0.15, -0.1) is 0 Å². The summed E-state index contributed by atoms with van der Waals surface area (Å²) in [4.78, 5) is 0. The van der Waals surface area contributed by atoms with E-state index in [2.05, 4.69) is 24.4 Å². The molecule has 2 aliphatic rings. The highest BCUT2D eigenvalue weighted by Gasteiger charge is 2.32. The van der Waals surface area contributed by atoms with Crippen molar-refractivity contribution in [2.75, 3.05) is 11.5 Å². The van der Waals surface area contributed by atoms with Gasteiger partial charge >= 0.3 is 0 Å². The van der Waals surface area contributed by atoms with E-state index in [-0.39, 0.29) is 23.9 Å². The zero-order valence-electron chi connectivity index (χ0n) is 13.8. The minimum atomic E-state index is -2.87. The van der Waals surface area contributed by atoms with Gasteiger partial charge in [0.1, 0.15) is 11.9 Å². The Balaban J connectivity index is 1.64. The van der Waals surface area contributed by atoms with Crippen LogP contribution < -0.4 is 10.1 Å². The third-order valence-corrected chi connectivity index (χ3v) is 6.71. The highest BCUT2D eigenvalue weighted by atomic mass is 32.2. The Labute approximate surface area is 139 Å². The lowest BCUT2D eigenvalue weighted by Crippen LogP contribution is -2.52. The van der Waals surface area contributed by atoms with E-state index < -0.39 is 9.84 Å². The molecule has 5 heteroatoms. The van der Waals surface area contributed by atoms with E-state index in [1.54, 1.807) is 0 Å². The maximum Gasteiger partial charge on any atom is 0.151 e. The van der Waals surface area contributed by atoms with Crippen molar-refractivity contribution in [3.8, 4) is 5.75 Å². The maximum atomic E-state index is 11.8. The summed E-state index contributed by atoms with van der Waals surface area (Å²) in [5, 5.41) is 3.59. The molecule has 1 aliphatic heterocycles. The van der Waals surface area contributed by atoms with Crippen molar-refractivity contribution in [2.45, 2.75) is 63.6 Å². The highest BCUT2D eigenvalue weighted by molar-refractivity contribution is 7.91. The number of hydrogen-bond donors (Lipinski definition) is 1. The molecule has 1 saturated heterocycles. The van der Waals surface area contributed by atoms with E-state index in [0.717, 1.165) is 31.4 Å². The van der Waals surface area contributed by atoms with E-state index in [1.807, 2.05) is 12.1 Å². The number of aryl methyl sites for hydroxylation is 1. The number of nitrogens with one attached hydrogen (secondary N) is 1. The molecule has 0 amide bonds. The first-order valence-corrected chi connectivity index (χ1v) is 10.5. The van der Waals surface area contributed by atoms with Crippen LogP contribution in [0.15, 0.2) is 24.3 Å². The van der Waals surface area contributed by atoms with Crippen LogP contribution in [-0.4, -0.2) is 38.1 Å². The summed E-state index contributed by atoms with van der Waals surface area (Å²) in [6.07, 6.45) is 6.32. The molecule has 1 aromatic rings. The third kappa shape index (κ3) is 4.70. The Hall–Kier alpha value is -1.07. The van der Waals surface area contributed by atoms with Crippen molar-refractivity contribution in [1.29, 1.82) is 0 Å². The van der Waals surface area contributed by atoms with E-state index in [0.29, 0.717) is 5.75 Å². The molecule has 3 rings (SSSR count). The molecule has 4 nitrogen and oxygen atoms in total. The number of hydrogen-bond acceptors (Lipinski definition) is 4. The van der Waals surface area contributed by atoms with Gasteiger partial charge in [0.15, 0.2) is 9.84 Å². The predicted molar refractivity (Wildman–Crippen MR) is 92.7 cm³/mol. The molecule has 1 saturated carbocycles. The minimum Gasteiger partial charge on any atom is -0.489 e. The molecule has 0 radical (unpaired) electrons. The summed E-state index contributed by atoms with van der Waals surface area (Å²) < 4.78 is 29.9. The largest absolute Gasteiger partial charge is 0.489 e. The van der Waals surface area contributed by atoms with Gasteiger partial charge in [-0.2, -0.15) is 0 Å². The van der Waals surface area contributed by atoms with Gasteiger partial charge in [-0.05, 0) is 56.7 Å². The zero-order valence-corrected chi connectivity index (χ0v) is 14.6. The Morgan fingerprint density at radius 2 is 1.96 bits per heavy atom. The average molecular weight is 337 g/mol. The highest BCUT2D eigenvalue weighted by Crippen LogP contribution is 2.26. The number of benzene rings is 1. The van der Waals surface area contributed by atoms with Crippen LogP contribution in [0.3, 0.4) is 0 Å². The van der Waals surface area contributed by atoms with Crippen LogP contribution in [-0.2, 0) is 9.84 Å². The molecular formula is C18H27NO3S. The fraction of sp³-hybridized carbons (Fsp3) is 0.667. The van der Waals surface area contributed by atoms with Gasteiger partial charge in [-0.1, -0.05) is 18.6 Å². The molecule has 1 N–H and O–H groups in total. The second-order valence-electron chi connectivity index (χ2n) is 6.98. The molecule has 2 fully saturated rings. The second kappa shape index (κ2) is 7.22. The lowest BCUT2D eigenvalue weighted by Gasteiger charge is -2.36. The molecule has 3 atom stereocenters. The van der Waals surface area contributed by atoms with Gasteiger partial charge < -0.3 is 10.1 Å². The number of ether oxygens (including phenoxy) is 1. The van der Waals surface area contributed by atoms with Gasteiger partial charge in [0.05, 0.1) is 11.5 Å². The Morgan fingerprint density at radius 3 is 2.74 bits per heavy atom. The third-order valence-electron chi connectivity index (χ3n) is 4.89. The smallest absolute Gasteiger partial charge is 0.151 e. The summed E-state index contributed by atoms with van der Waals surface area (Å²) in [7, 11) is -2.87. The fourth-order valence-electron chi connectivity index (χ4n) is 3.75. The van der Waals surface area contributed by atoms with Crippen molar-refractivity contribution in [2.24, 2.45) is 0 Å². The van der Waals surface area contributed by atoms with Crippen LogP contribution in [0.5, 0.6) is 5.75 Å². The van der Waals surface area contributed by atoms with Crippen LogP contribution in [0, 0.1) is 6.92 Å². The molecule has 0 aromatic heterocycles. The normalized spacial score (nSPS) is 30.7. The lowest BCUT2D eigenvalue weighted by atomic mass is 9.91. The summed E-state index contributed by atoms with van der Waals surface area (Å²) >= 11 is 0. The van der Waals surface area contributed by atoms with Crippen molar-refractivity contribution in [1.82, 2.24) is 5.32 Å². The zero-order chi connectivity index (χ0) is 16.3. The Morgan fingerprint density at radius 1 is 1.13 bits per heavy atom. The first-order chi connectivity index (χ1) is 11.0. The number of rotatable bonds is 4. The molecule has 1 heterocycles. The van der Waals surface area contributed by atoms with Crippen LogP contribution >= 0.6 is 0 Å². The molecular weight excluding hydrogens is 310 g/mol. The average Bonchev–Trinajstić information content (AvgIpc) is 2.48. The quantitative estimate of drug-likeness (QED) is 0.918. The minimum absolute atomic E-state index is 0.0838. The predicted octanol–water partition coefficient (Wildman–Crippen LogP) is 2.85. The summed E-state index contributed by atoms with van der Waals surface area (Å²) in [6, 6.07) is 8.49. The van der Waals surface area contributed by atoms with E-state index >= 15 is 0 Å². The van der Waals surface area contributed by atoms with Gasteiger partial charge in [-0.3, -0.25) is 0 Å². The van der Waals surface area contributed by atoms with Crippen LogP contribution in [0.2, 0.25) is 0 Å². The van der Waals surface area contributed by atoms with Crippen molar-refractivity contribution >= 4 is 9.84 Å². The van der Waals surface area contributed by atoms with Gasteiger partial charge in [-0.25, -0.2) is 8.42 Å². The SMILES string of the molecule is Cc1cccc(O[C@@H]2CCCC[C@@H]2N[C@H]2CCCS(=O)(=O)C2)c1. The van der Waals surface area contributed by atoms with Crippen LogP contribution in [0.1, 0.15) is 44.1 Å². The van der Waals surface area contributed by atoms with Crippen molar-refractivity contribution < 1.29 is 13.2 Å². The summed E-state index contributed by atoms with van der Waals surface area (Å²) in [5.41, 5.74) is 1.20. The van der Waals surface area contributed by atoms with E-state index in [1.165, 1.54) is 18.4 Å². The van der Waals surface area contributed by atoms with Gasteiger partial charge in [0.2, 0.25) is 0 Å². The number of sulfone groups is 1. The summed E-state index contributed by atoms with van der Waals surface area (Å²) in [5.74, 6) is 1.54. The molecule has 0 bridgehead atoms. The van der Waals surface area contributed by atoms with Gasteiger partial charge in [0, 0.05) is 12.1 Å². The molecule has 0 unspecified atom stereocenters. The van der Waals surface area contributed by atoms with Gasteiger partial charge in [0.25, 0.3) is 0 Å². The maximum absolute atomic E-state index is 11.8. The molecule has 1 aliphatic carbocycles. The summed E-state index contributed by atoms with van der Waals surface area (Å²) in [6.45, 7) is 2.07. The molecule has 1 aromatic carbocycles. The fourth-order valence-corrected chi connectivity index (χ4v) is 5.40. The molecule has 0 spiro atoms. The Kier molecular flexibility index (Phi) is 5.27.